The Kier molecular flexibility index (Phi) is 6.90. The van der Waals surface area contributed by atoms with E-state index < -0.39 is 23.5 Å². The second kappa shape index (κ2) is 9.30. The van der Waals surface area contributed by atoms with Crippen LogP contribution < -0.4 is 15.4 Å². The van der Waals surface area contributed by atoms with Crippen LogP contribution in [0.4, 0.5) is 32.0 Å². The molecule has 1 amide bonds. The van der Waals surface area contributed by atoms with Crippen LogP contribution in [0.25, 0.3) is 0 Å². The lowest BCUT2D eigenvalue weighted by Crippen LogP contribution is -2.41. The molecule has 0 aliphatic heterocycles. The first-order valence-electron chi connectivity index (χ1n) is 9.96. The van der Waals surface area contributed by atoms with Crippen molar-refractivity contribution in [2.24, 2.45) is 0 Å². The minimum Gasteiger partial charge on any atom is -0.497 e. The molecule has 1 fully saturated rings. The largest absolute Gasteiger partial charge is 0.497 e. The van der Waals surface area contributed by atoms with Gasteiger partial charge in [0.05, 0.1) is 18.2 Å². The molecule has 1 aliphatic rings. The van der Waals surface area contributed by atoms with Crippen molar-refractivity contribution in [3.63, 3.8) is 0 Å². The summed E-state index contributed by atoms with van der Waals surface area (Å²) in [4.78, 5) is 12.5. The zero-order valence-electron chi connectivity index (χ0n) is 17.1. The minimum atomic E-state index is -4.90. The fourth-order valence-corrected chi connectivity index (χ4v) is 3.74. The molecule has 2 N–H and O–H groups in total. The van der Waals surface area contributed by atoms with Gasteiger partial charge in [-0.2, -0.15) is 26.3 Å². The first-order chi connectivity index (χ1) is 15.0. The first kappa shape index (κ1) is 23.7. The number of alkyl halides is 6. The van der Waals surface area contributed by atoms with E-state index in [4.69, 9.17) is 4.74 Å². The third-order valence-corrected chi connectivity index (χ3v) is 5.32. The third-order valence-electron chi connectivity index (χ3n) is 5.32. The smallest absolute Gasteiger partial charge is 0.416 e. The van der Waals surface area contributed by atoms with Gasteiger partial charge in [-0.15, -0.1) is 0 Å². The molecule has 1 saturated carbocycles. The molecule has 0 radical (unpaired) electrons. The summed E-state index contributed by atoms with van der Waals surface area (Å²) in [6.45, 7) is 0. The average molecular weight is 460 g/mol. The van der Waals surface area contributed by atoms with Crippen molar-refractivity contribution in [3.8, 4) is 5.75 Å². The molecule has 0 saturated heterocycles. The van der Waals surface area contributed by atoms with Gasteiger partial charge in [-0.25, -0.2) is 0 Å². The predicted molar refractivity (Wildman–Crippen MR) is 107 cm³/mol. The number of hydrogen-bond acceptors (Lipinski definition) is 3. The summed E-state index contributed by atoms with van der Waals surface area (Å²) in [7, 11) is 1.51. The Bertz CT molecular complexity index is 909. The molecular formula is C22H22F6N2O2. The molecule has 2 atom stereocenters. The van der Waals surface area contributed by atoms with Crippen molar-refractivity contribution in [1.29, 1.82) is 0 Å². The van der Waals surface area contributed by atoms with E-state index in [9.17, 15) is 31.1 Å². The van der Waals surface area contributed by atoms with Gasteiger partial charge < -0.3 is 15.4 Å². The molecule has 0 unspecified atom stereocenters. The second-order valence-corrected chi connectivity index (χ2v) is 7.70. The molecule has 0 bridgehead atoms. The van der Waals surface area contributed by atoms with Gasteiger partial charge in [0.2, 0.25) is 0 Å². The van der Waals surface area contributed by atoms with Gasteiger partial charge in [-0.1, -0.05) is 0 Å². The van der Waals surface area contributed by atoms with E-state index in [1.807, 2.05) is 0 Å². The topological polar surface area (TPSA) is 50.4 Å². The van der Waals surface area contributed by atoms with Gasteiger partial charge in [0.15, 0.2) is 0 Å². The molecule has 10 heteroatoms. The van der Waals surface area contributed by atoms with Crippen LogP contribution in [0.15, 0.2) is 42.5 Å². The normalized spacial score (nSPS) is 19.3. The zero-order valence-corrected chi connectivity index (χ0v) is 17.1. The molecule has 0 heterocycles. The monoisotopic (exact) mass is 460 g/mol. The Labute approximate surface area is 181 Å². The van der Waals surface area contributed by atoms with Crippen molar-refractivity contribution < 1.29 is 35.9 Å². The lowest BCUT2D eigenvalue weighted by atomic mass is 9.90. The van der Waals surface area contributed by atoms with Crippen molar-refractivity contribution in [1.82, 2.24) is 5.32 Å². The lowest BCUT2D eigenvalue weighted by Gasteiger charge is -2.31. The fraction of sp³-hybridized carbons (Fsp3) is 0.409. The van der Waals surface area contributed by atoms with E-state index in [1.165, 1.54) is 7.11 Å². The van der Waals surface area contributed by atoms with Crippen LogP contribution in [0, 0.1) is 0 Å². The maximum atomic E-state index is 13.1. The molecular weight excluding hydrogens is 438 g/mol. The standard InChI is InChI=1S/C22H22F6N2O2/c1-32-19-7-5-13(6-8-19)20(31)30-17-4-2-3-16(12-17)29-18-10-14(21(23,24)25)9-15(11-18)22(26,27)28/h5-11,16-17,29H,2-4,12H2,1H3,(H,30,31)/t16-,17+/m0/s1. The van der Waals surface area contributed by atoms with Crippen LogP contribution in [0.2, 0.25) is 0 Å². The van der Waals surface area contributed by atoms with Crippen molar-refractivity contribution >= 4 is 11.6 Å². The number of amides is 1. The average Bonchev–Trinajstić information content (AvgIpc) is 2.72. The fourth-order valence-electron chi connectivity index (χ4n) is 3.74. The molecule has 1 aliphatic carbocycles. The van der Waals surface area contributed by atoms with E-state index in [0.717, 1.165) is 0 Å². The summed E-state index contributed by atoms with van der Waals surface area (Å²) in [6.07, 6.45) is -7.54. The van der Waals surface area contributed by atoms with E-state index >= 15 is 0 Å². The van der Waals surface area contributed by atoms with Crippen LogP contribution in [0.5, 0.6) is 5.75 Å². The number of carbonyl (C=O) groups is 1. The van der Waals surface area contributed by atoms with E-state index in [1.54, 1.807) is 24.3 Å². The van der Waals surface area contributed by atoms with E-state index in [2.05, 4.69) is 10.6 Å². The summed E-state index contributed by atoms with van der Waals surface area (Å²) in [6, 6.07) is 7.31. The highest BCUT2D eigenvalue weighted by atomic mass is 19.4. The van der Waals surface area contributed by atoms with Gasteiger partial charge in [-0.05, 0) is 68.1 Å². The van der Waals surface area contributed by atoms with Crippen LogP contribution in [0.1, 0.15) is 47.2 Å². The van der Waals surface area contributed by atoms with Crippen LogP contribution in [0.3, 0.4) is 0 Å². The highest BCUT2D eigenvalue weighted by Gasteiger charge is 2.37. The van der Waals surface area contributed by atoms with Gasteiger partial charge in [-0.3, -0.25) is 4.79 Å². The van der Waals surface area contributed by atoms with Crippen LogP contribution >= 0.6 is 0 Å². The van der Waals surface area contributed by atoms with Gasteiger partial charge in [0.1, 0.15) is 5.75 Å². The minimum absolute atomic E-state index is 0.101. The maximum Gasteiger partial charge on any atom is 0.416 e. The maximum absolute atomic E-state index is 13.1. The molecule has 4 nitrogen and oxygen atoms in total. The van der Waals surface area contributed by atoms with Gasteiger partial charge >= 0.3 is 12.4 Å². The molecule has 32 heavy (non-hydrogen) atoms. The Balaban J connectivity index is 1.69. The molecule has 3 rings (SSSR count). The Morgan fingerprint density at radius 2 is 1.47 bits per heavy atom. The number of halogens is 6. The third kappa shape index (κ3) is 6.08. The van der Waals surface area contributed by atoms with Crippen molar-refractivity contribution in [3.05, 3.63) is 59.2 Å². The summed E-state index contributed by atoms with van der Waals surface area (Å²) in [5.41, 5.74) is -2.56. The molecule has 2 aromatic carbocycles. The number of rotatable bonds is 5. The van der Waals surface area contributed by atoms with E-state index in [-0.39, 0.29) is 29.7 Å². The Hall–Kier alpha value is -2.91. The van der Waals surface area contributed by atoms with Gasteiger partial charge in [0, 0.05) is 23.3 Å². The first-order valence-corrected chi connectivity index (χ1v) is 9.96. The Morgan fingerprint density at radius 1 is 0.906 bits per heavy atom. The van der Waals surface area contributed by atoms with Gasteiger partial charge in [0.25, 0.3) is 5.91 Å². The van der Waals surface area contributed by atoms with Crippen LogP contribution in [-0.2, 0) is 12.4 Å². The van der Waals surface area contributed by atoms with Crippen LogP contribution in [-0.4, -0.2) is 25.1 Å². The quantitative estimate of drug-likeness (QED) is 0.548. The lowest BCUT2D eigenvalue weighted by molar-refractivity contribution is -0.143. The van der Waals surface area contributed by atoms with Crippen molar-refractivity contribution in [2.75, 3.05) is 12.4 Å². The molecule has 0 aromatic heterocycles. The molecule has 0 spiro atoms. The summed E-state index contributed by atoms with van der Waals surface area (Å²) < 4.78 is 83.5. The summed E-state index contributed by atoms with van der Waals surface area (Å²) in [5, 5.41) is 5.68. The number of carbonyl (C=O) groups excluding carboxylic acids is 1. The summed E-state index contributed by atoms with van der Waals surface area (Å²) >= 11 is 0. The van der Waals surface area contributed by atoms with E-state index in [0.29, 0.717) is 49.1 Å². The highest BCUT2D eigenvalue weighted by molar-refractivity contribution is 5.94. The molecule has 2 aromatic rings. The number of nitrogens with one attached hydrogen (secondary N) is 2. The second-order valence-electron chi connectivity index (χ2n) is 7.70. The number of anilines is 1. The SMILES string of the molecule is COc1ccc(C(=O)N[C@@H]2CCC[C@H](Nc3cc(C(F)(F)F)cc(C(F)(F)F)c3)C2)cc1. The predicted octanol–water partition coefficient (Wildman–Crippen LogP) is 5.89. The van der Waals surface area contributed by atoms with Crippen molar-refractivity contribution in [2.45, 2.75) is 50.1 Å². The number of methoxy groups -OCH3 is 1. The zero-order chi connectivity index (χ0) is 23.5. The number of benzene rings is 2. The Morgan fingerprint density at radius 3 is 2.00 bits per heavy atom. The number of ether oxygens (including phenoxy) is 1. The summed E-state index contributed by atoms with van der Waals surface area (Å²) in [5.74, 6) is 0.291. The highest BCUT2D eigenvalue weighted by Crippen LogP contribution is 2.38. The molecule has 174 valence electrons. The number of hydrogen-bond donors (Lipinski definition) is 2.